The number of carbonyl (C=O) groups is 1. The number of carbonyl (C=O) groups excluding carboxylic acids is 1. The van der Waals surface area contributed by atoms with Crippen LogP contribution in [0.25, 0.3) is 0 Å². The van der Waals surface area contributed by atoms with Crippen LogP contribution < -0.4 is 10.6 Å². The molecule has 0 saturated heterocycles. The van der Waals surface area contributed by atoms with Gasteiger partial charge in [-0.25, -0.2) is 4.79 Å². The van der Waals surface area contributed by atoms with E-state index in [9.17, 15) is 4.79 Å². The SMILES string of the molecule is CC(NC(=O)Nc1ccccc1)c1cccs1. The number of benzene rings is 1. The predicted octanol–water partition coefficient (Wildman–Crippen LogP) is 3.63. The molecule has 88 valence electrons. The molecule has 1 aromatic heterocycles. The van der Waals surface area contributed by atoms with Gasteiger partial charge < -0.3 is 10.6 Å². The highest BCUT2D eigenvalue weighted by atomic mass is 32.1. The van der Waals surface area contributed by atoms with Crippen molar-refractivity contribution in [1.29, 1.82) is 0 Å². The molecule has 1 unspecified atom stereocenters. The van der Waals surface area contributed by atoms with Gasteiger partial charge in [0.2, 0.25) is 0 Å². The molecule has 1 aromatic carbocycles. The molecule has 0 aliphatic rings. The van der Waals surface area contributed by atoms with Gasteiger partial charge in [0, 0.05) is 10.6 Å². The third kappa shape index (κ3) is 3.32. The number of para-hydroxylation sites is 1. The number of rotatable bonds is 3. The maximum absolute atomic E-state index is 11.7. The van der Waals surface area contributed by atoms with E-state index in [1.54, 1.807) is 11.3 Å². The van der Waals surface area contributed by atoms with Gasteiger partial charge >= 0.3 is 6.03 Å². The Balaban J connectivity index is 1.90. The molecule has 0 spiro atoms. The Kier molecular flexibility index (Phi) is 3.77. The first-order chi connectivity index (χ1) is 8.25. The van der Waals surface area contributed by atoms with E-state index in [4.69, 9.17) is 0 Å². The van der Waals surface area contributed by atoms with E-state index in [1.807, 2.05) is 54.8 Å². The van der Waals surface area contributed by atoms with Gasteiger partial charge in [0.15, 0.2) is 0 Å². The van der Waals surface area contributed by atoms with Gasteiger partial charge in [0.25, 0.3) is 0 Å². The highest BCUT2D eigenvalue weighted by Crippen LogP contribution is 2.18. The lowest BCUT2D eigenvalue weighted by atomic mass is 10.3. The molecular formula is C13H14N2OS. The molecule has 0 saturated carbocycles. The van der Waals surface area contributed by atoms with Crippen LogP contribution in [0.4, 0.5) is 10.5 Å². The largest absolute Gasteiger partial charge is 0.331 e. The lowest BCUT2D eigenvalue weighted by molar-refractivity contribution is 0.249. The average molecular weight is 246 g/mol. The van der Waals surface area contributed by atoms with E-state index >= 15 is 0 Å². The minimum Gasteiger partial charge on any atom is -0.331 e. The van der Waals surface area contributed by atoms with Crippen LogP contribution in [0.15, 0.2) is 47.8 Å². The van der Waals surface area contributed by atoms with Crippen LogP contribution in [0.2, 0.25) is 0 Å². The number of thiophene rings is 1. The van der Waals surface area contributed by atoms with Crippen LogP contribution >= 0.6 is 11.3 Å². The van der Waals surface area contributed by atoms with Crippen molar-refractivity contribution >= 4 is 23.1 Å². The number of nitrogens with one attached hydrogen (secondary N) is 2. The Morgan fingerprint density at radius 3 is 2.59 bits per heavy atom. The predicted molar refractivity (Wildman–Crippen MR) is 71.3 cm³/mol. The fraction of sp³-hybridized carbons (Fsp3) is 0.154. The van der Waals surface area contributed by atoms with E-state index in [-0.39, 0.29) is 12.1 Å². The zero-order chi connectivity index (χ0) is 12.1. The maximum Gasteiger partial charge on any atom is 0.319 e. The van der Waals surface area contributed by atoms with Crippen molar-refractivity contribution in [1.82, 2.24) is 5.32 Å². The topological polar surface area (TPSA) is 41.1 Å². The molecule has 4 heteroatoms. The van der Waals surface area contributed by atoms with E-state index in [1.165, 1.54) is 0 Å². The second-order valence-electron chi connectivity index (χ2n) is 3.70. The minimum atomic E-state index is -0.183. The van der Waals surface area contributed by atoms with Crippen molar-refractivity contribution in [2.24, 2.45) is 0 Å². The first kappa shape index (κ1) is 11.7. The Labute approximate surface area is 104 Å². The summed E-state index contributed by atoms with van der Waals surface area (Å²) >= 11 is 1.64. The summed E-state index contributed by atoms with van der Waals surface area (Å²) in [5, 5.41) is 7.68. The molecule has 17 heavy (non-hydrogen) atoms. The van der Waals surface area contributed by atoms with Gasteiger partial charge in [-0.05, 0) is 30.5 Å². The van der Waals surface area contributed by atoms with Crippen molar-refractivity contribution in [3.05, 3.63) is 52.7 Å². The van der Waals surface area contributed by atoms with E-state index < -0.39 is 0 Å². The third-order valence-electron chi connectivity index (χ3n) is 2.35. The normalized spacial score (nSPS) is 11.8. The molecule has 0 aliphatic carbocycles. The summed E-state index contributed by atoms with van der Waals surface area (Å²) in [6, 6.07) is 13.2. The molecule has 0 aliphatic heterocycles. The summed E-state index contributed by atoms with van der Waals surface area (Å²) in [6.45, 7) is 1.97. The lowest BCUT2D eigenvalue weighted by Crippen LogP contribution is -2.30. The number of hydrogen-bond donors (Lipinski definition) is 2. The summed E-state index contributed by atoms with van der Waals surface area (Å²) in [7, 11) is 0. The van der Waals surface area contributed by atoms with Gasteiger partial charge in [0.05, 0.1) is 6.04 Å². The molecule has 2 N–H and O–H groups in total. The van der Waals surface area contributed by atoms with Gasteiger partial charge in [-0.1, -0.05) is 24.3 Å². The summed E-state index contributed by atoms with van der Waals surface area (Å²) in [4.78, 5) is 12.8. The van der Waals surface area contributed by atoms with Crippen LogP contribution in [0.3, 0.4) is 0 Å². The molecule has 2 aromatic rings. The second kappa shape index (κ2) is 5.50. The van der Waals surface area contributed by atoms with Crippen molar-refractivity contribution in [2.75, 3.05) is 5.32 Å². The van der Waals surface area contributed by atoms with Crippen LogP contribution in [-0.4, -0.2) is 6.03 Å². The van der Waals surface area contributed by atoms with E-state index in [2.05, 4.69) is 10.6 Å². The van der Waals surface area contributed by atoms with Crippen molar-refractivity contribution in [3.63, 3.8) is 0 Å². The van der Waals surface area contributed by atoms with Crippen LogP contribution in [0.5, 0.6) is 0 Å². The third-order valence-corrected chi connectivity index (χ3v) is 3.40. The van der Waals surface area contributed by atoms with Crippen molar-refractivity contribution in [3.8, 4) is 0 Å². The molecule has 2 amide bonds. The number of amides is 2. The van der Waals surface area contributed by atoms with E-state index in [0.29, 0.717) is 0 Å². The monoisotopic (exact) mass is 246 g/mol. The number of hydrogen-bond acceptors (Lipinski definition) is 2. The van der Waals surface area contributed by atoms with E-state index in [0.717, 1.165) is 10.6 Å². The molecule has 2 rings (SSSR count). The van der Waals surface area contributed by atoms with Gasteiger partial charge in [0.1, 0.15) is 0 Å². The second-order valence-corrected chi connectivity index (χ2v) is 4.68. The first-order valence-corrected chi connectivity index (χ1v) is 6.29. The lowest BCUT2D eigenvalue weighted by Gasteiger charge is -2.13. The fourth-order valence-corrected chi connectivity index (χ4v) is 2.23. The Bertz CT molecular complexity index is 467. The highest BCUT2D eigenvalue weighted by molar-refractivity contribution is 7.10. The standard InChI is InChI=1S/C13H14N2OS/c1-10(12-8-5-9-17-12)14-13(16)15-11-6-3-2-4-7-11/h2-10H,1H3,(H2,14,15,16). The first-order valence-electron chi connectivity index (χ1n) is 5.41. The highest BCUT2D eigenvalue weighted by Gasteiger charge is 2.09. The van der Waals surface area contributed by atoms with Crippen molar-refractivity contribution < 1.29 is 4.79 Å². The average Bonchev–Trinajstić information content (AvgIpc) is 2.83. The Morgan fingerprint density at radius 1 is 1.18 bits per heavy atom. The summed E-state index contributed by atoms with van der Waals surface area (Å²) in [6.07, 6.45) is 0. The van der Waals surface area contributed by atoms with Crippen LogP contribution in [0.1, 0.15) is 17.8 Å². The minimum absolute atomic E-state index is 0.0266. The molecule has 1 atom stereocenters. The maximum atomic E-state index is 11.7. The summed E-state index contributed by atoms with van der Waals surface area (Å²) in [5.74, 6) is 0. The number of anilines is 1. The molecule has 0 bridgehead atoms. The Hall–Kier alpha value is -1.81. The zero-order valence-electron chi connectivity index (χ0n) is 9.51. The van der Waals surface area contributed by atoms with Crippen LogP contribution in [0, 0.1) is 0 Å². The fourth-order valence-electron chi connectivity index (χ4n) is 1.49. The van der Waals surface area contributed by atoms with Gasteiger partial charge in [-0.15, -0.1) is 11.3 Å². The van der Waals surface area contributed by atoms with Gasteiger partial charge in [-0.2, -0.15) is 0 Å². The summed E-state index contributed by atoms with van der Waals surface area (Å²) < 4.78 is 0. The quantitative estimate of drug-likeness (QED) is 0.853. The van der Waals surface area contributed by atoms with Gasteiger partial charge in [-0.3, -0.25) is 0 Å². The molecule has 3 nitrogen and oxygen atoms in total. The Morgan fingerprint density at radius 2 is 1.94 bits per heavy atom. The zero-order valence-corrected chi connectivity index (χ0v) is 10.3. The smallest absolute Gasteiger partial charge is 0.319 e. The molecule has 0 fully saturated rings. The molecule has 0 radical (unpaired) electrons. The molecular weight excluding hydrogens is 232 g/mol. The molecule has 1 heterocycles. The van der Waals surface area contributed by atoms with Crippen LogP contribution in [-0.2, 0) is 0 Å². The summed E-state index contributed by atoms with van der Waals surface area (Å²) in [5.41, 5.74) is 0.795. The van der Waals surface area contributed by atoms with Crippen molar-refractivity contribution in [2.45, 2.75) is 13.0 Å². The number of urea groups is 1.